The van der Waals surface area contributed by atoms with Crippen molar-refractivity contribution in [3.8, 4) is 0 Å². The number of hydrogen-bond acceptors (Lipinski definition) is 6. The summed E-state index contributed by atoms with van der Waals surface area (Å²) in [6.45, 7) is 7.97. The third-order valence-electron chi connectivity index (χ3n) is 2.57. The molecule has 2 rings (SSSR count). The molecular weight excluding hydrogens is 218 g/mol. The molecule has 1 N–H and O–H groups in total. The van der Waals surface area contributed by atoms with Crippen molar-refractivity contribution in [2.24, 2.45) is 0 Å². The van der Waals surface area contributed by atoms with E-state index in [1.54, 1.807) is 0 Å². The molecule has 0 unspecified atom stereocenters. The summed E-state index contributed by atoms with van der Waals surface area (Å²) in [5.41, 5.74) is 0.663. The first-order chi connectivity index (χ1) is 8.35. The molecule has 2 heterocycles. The lowest BCUT2D eigenvalue weighted by molar-refractivity contribution is 0.667. The Labute approximate surface area is 99.8 Å². The Morgan fingerprint density at radius 2 is 2.24 bits per heavy atom. The molecule has 0 aliphatic carbocycles. The van der Waals surface area contributed by atoms with Crippen LogP contribution in [0.2, 0.25) is 0 Å². The molecule has 0 aliphatic heterocycles. The summed E-state index contributed by atoms with van der Waals surface area (Å²) in [4.78, 5) is 2.18. The van der Waals surface area contributed by atoms with Gasteiger partial charge in [0.25, 0.3) is 0 Å². The molecule has 7 nitrogen and oxygen atoms in total. The van der Waals surface area contributed by atoms with Gasteiger partial charge in [-0.05, 0) is 36.0 Å². The lowest BCUT2D eigenvalue weighted by Crippen LogP contribution is -2.32. The van der Waals surface area contributed by atoms with Gasteiger partial charge in [-0.1, -0.05) is 6.92 Å². The van der Waals surface area contributed by atoms with E-state index in [0.29, 0.717) is 5.65 Å². The van der Waals surface area contributed by atoms with E-state index < -0.39 is 0 Å². The first-order valence-electron chi connectivity index (χ1n) is 5.86. The van der Waals surface area contributed by atoms with Gasteiger partial charge in [0.1, 0.15) is 0 Å². The van der Waals surface area contributed by atoms with Gasteiger partial charge in [0, 0.05) is 19.6 Å². The van der Waals surface area contributed by atoms with Crippen molar-refractivity contribution < 1.29 is 0 Å². The molecule has 0 spiro atoms. The van der Waals surface area contributed by atoms with Crippen LogP contribution in [0.4, 0.5) is 5.82 Å². The van der Waals surface area contributed by atoms with Crippen LogP contribution >= 0.6 is 0 Å². The molecule has 2 aromatic heterocycles. The van der Waals surface area contributed by atoms with Crippen molar-refractivity contribution >= 4 is 11.5 Å². The second-order valence-electron chi connectivity index (χ2n) is 3.65. The maximum atomic E-state index is 4.36. The highest BCUT2D eigenvalue weighted by atomic mass is 15.6. The molecule has 0 aliphatic rings. The average molecular weight is 235 g/mol. The quantitative estimate of drug-likeness (QED) is 0.708. The monoisotopic (exact) mass is 235 g/mol. The summed E-state index contributed by atoms with van der Waals surface area (Å²) in [5, 5.41) is 18.9. The summed E-state index contributed by atoms with van der Waals surface area (Å²) in [6.07, 6.45) is 0. The topological polar surface area (TPSA) is 71.2 Å². The van der Waals surface area contributed by atoms with Crippen LogP contribution in [-0.2, 0) is 0 Å². The molecule has 0 amide bonds. The molecule has 0 fully saturated rings. The molecule has 92 valence electrons. The zero-order valence-electron chi connectivity index (χ0n) is 10.2. The molecule has 0 radical (unpaired) electrons. The Balaban J connectivity index is 2.11. The van der Waals surface area contributed by atoms with Crippen molar-refractivity contribution in [1.29, 1.82) is 0 Å². The Kier molecular flexibility index (Phi) is 3.81. The highest BCUT2D eigenvalue weighted by Crippen LogP contribution is 2.09. The van der Waals surface area contributed by atoms with Gasteiger partial charge in [0.2, 0.25) is 0 Å². The third-order valence-corrected chi connectivity index (χ3v) is 2.57. The van der Waals surface area contributed by atoms with Gasteiger partial charge in [0.05, 0.1) is 0 Å². The Morgan fingerprint density at radius 1 is 1.35 bits per heavy atom. The fourth-order valence-electron chi connectivity index (χ4n) is 1.63. The van der Waals surface area contributed by atoms with E-state index in [-0.39, 0.29) is 0 Å². The normalized spacial score (nSPS) is 10.9. The lowest BCUT2D eigenvalue weighted by Gasteiger charge is -2.21. The van der Waals surface area contributed by atoms with Crippen LogP contribution < -0.4 is 10.2 Å². The second-order valence-corrected chi connectivity index (χ2v) is 3.65. The van der Waals surface area contributed by atoms with Crippen molar-refractivity contribution in [1.82, 2.24) is 30.6 Å². The SMILES string of the molecule is CCNCCN(CC)c1ccc2nnnn2n1. The Hall–Kier alpha value is -1.76. The first kappa shape index (κ1) is 11.7. The third kappa shape index (κ3) is 2.68. The highest BCUT2D eigenvalue weighted by Gasteiger charge is 2.07. The van der Waals surface area contributed by atoms with E-state index in [1.165, 1.54) is 4.63 Å². The molecule has 17 heavy (non-hydrogen) atoms. The number of fused-ring (bicyclic) bond motifs is 1. The minimum absolute atomic E-state index is 0.663. The van der Waals surface area contributed by atoms with Crippen LogP contribution in [0.1, 0.15) is 13.8 Å². The van der Waals surface area contributed by atoms with Crippen LogP contribution in [0.5, 0.6) is 0 Å². The fraction of sp³-hybridized carbons (Fsp3) is 0.600. The number of rotatable bonds is 6. The predicted molar refractivity (Wildman–Crippen MR) is 65.0 cm³/mol. The maximum absolute atomic E-state index is 4.36. The molecule has 0 atom stereocenters. The van der Waals surface area contributed by atoms with Gasteiger partial charge in [-0.2, -0.15) is 0 Å². The van der Waals surface area contributed by atoms with E-state index in [2.05, 4.69) is 44.7 Å². The van der Waals surface area contributed by atoms with E-state index in [1.807, 2.05) is 12.1 Å². The Morgan fingerprint density at radius 3 is 3.00 bits per heavy atom. The van der Waals surface area contributed by atoms with Crippen molar-refractivity contribution in [3.05, 3.63) is 12.1 Å². The predicted octanol–water partition coefficient (Wildman–Crippen LogP) is -0.0449. The summed E-state index contributed by atoms with van der Waals surface area (Å²) >= 11 is 0. The van der Waals surface area contributed by atoms with Crippen LogP contribution in [0.15, 0.2) is 12.1 Å². The first-order valence-corrected chi connectivity index (χ1v) is 5.86. The van der Waals surface area contributed by atoms with Crippen molar-refractivity contribution in [3.63, 3.8) is 0 Å². The fourth-order valence-corrected chi connectivity index (χ4v) is 1.63. The lowest BCUT2D eigenvalue weighted by atomic mass is 10.4. The number of likely N-dealkylation sites (N-methyl/N-ethyl adjacent to an activating group) is 2. The molecule has 0 saturated heterocycles. The molecular formula is C10H17N7. The number of nitrogens with one attached hydrogen (secondary N) is 1. The largest absolute Gasteiger partial charge is 0.354 e. The van der Waals surface area contributed by atoms with E-state index >= 15 is 0 Å². The number of hydrogen-bond donors (Lipinski definition) is 1. The highest BCUT2D eigenvalue weighted by molar-refractivity contribution is 5.44. The van der Waals surface area contributed by atoms with Gasteiger partial charge >= 0.3 is 0 Å². The standard InChI is InChI=1S/C10H17N7/c1-3-11-7-8-16(4-2)10-6-5-9-12-14-15-17(9)13-10/h5-6,11H,3-4,7-8H2,1-2H3. The van der Waals surface area contributed by atoms with Crippen LogP contribution in [0.25, 0.3) is 5.65 Å². The summed E-state index contributed by atoms with van der Waals surface area (Å²) < 4.78 is 1.45. The van der Waals surface area contributed by atoms with Crippen LogP contribution in [-0.4, -0.2) is 51.4 Å². The molecule has 7 heteroatoms. The van der Waals surface area contributed by atoms with Crippen molar-refractivity contribution in [2.45, 2.75) is 13.8 Å². The smallest absolute Gasteiger partial charge is 0.200 e. The summed E-state index contributed by atoms with van der Waals surface area (Å²) in [7, 11) is 0. The van der Waals surface area contributed by atoms with Gasteiger partial charge < -0.3 is 10.2 Å². The van der Waals surface area contributed by atoms with Gasteiger partial charge in [0.15, 0.2) is 11.5 Å². The van der Waals surface area contributed by atoms with E-state index in [9.17, 15) is 0 Å². The van der Waals surface area contributed by atoms with Gasteiger partial charge in [-0.3, -0.25) is 0 Å². The van der Waals surface area contributed by atoms with Gasteiger partial charge in [-0.15, -0.1) is 14.8 Å². The number of aromatic nitrogens is 5. The zero-order chi connectivity index (χ0) is 12.1. The van der Waals surface area contributed by atoms with Crippen molar-refractivity contribution in [2.75, 3.05) is 31.1 Å². The summed E-state index contributed by atoms with van der Waals surface area (Å²) in [5.74, 6) is 0.894. The molecule has 2 aromatic rings. The molecule has 0 aromatic carbocycles. The van der Waals surface area contributed by atoms with E-state index in [4.69, 9.17) is 0 Å². The molecule has 0 saturated carbocycles. The van der Waals surface area contributed by atoms with Crippen LogP contribution in [0, 0.1) is 0 Å². The number of anilines is 1. The second kappa shape index (κ2) is 5.53. The maximum Gasteiger partial charge on any atom is 0.200 e. The number of nitrogens with zero attached hydrogens (tertiary/aromatic N) is 6. The molecule has 0 bridgehead atoms. The van der Waals surface area contributed by atoms with Gasteiger partial charge in [-0.25, -0.2) is 0 Å². The zero-order valence-corrected chi connectivity index (χ0v) is 10.2. The summed E-state index contributed by atoms with van der Waals surface area (Å²) in [6, 6.07) is 3.82. The van der Waals surface area contributed by atoms with E-state index in [0.717, 1.165) is 32.0 Å². The number of tetrazole rings is 1. The minimum Gasteiger partial charge on any atom is -0.354 e. The average Bonchev–Trinajstić information content (AvgIpc) is 2.82. The Bertz CT molecular complexity index is 466. The van der Waals surface area contributed by atoms with Crippen LogP contribution in [0.3, 0.4) is 0 Å². The minimum atomic E-state index is 0.663.